The van der Waals surface area contributed by atoms with Gasteiger partial charge in [0.25, 0.3) is 5.91 Å². The van der Waals surface area contributed by atoms with Crippen molar-refractivity contribution in [3.05, 3.63) is 20.8 Å². The molecule has 1 atom stereocenters. The first-order chi connectivity index (χ1) is 9.43. The number of carbonyl (C=O) groups excluding carboxylic acids is 1. The summed E-state index contributed by atoms with van der Waals surface area (Å²) in [5.41, 5.74) is 0.641. The lowest BCUT2D eigenvalue weighted by Gasteiger charge is -2.28. The standard InChI is InChI=1S/C13H18BrNO3S2/c1-2-3-5-15(11-4-6-20(17,18)9-11)13(16)10-7-12(14)19-8-10/h7-8,11H,2-6,9H2,1H3. The van der Waals surface area contributed by atoms with Gasteiger partial charge >= 0.3 is 0 Å². The van der Waals surface area contributed by atoms with Crippen molar-refractivity contribution >= 4 is 43.0 Å². The van der Waals surface area contributed by atoms with Crippen molar-refractivity contribution in [3.8, 4) is 0 Å². The van der Waals surface area contributed by atoms with Crippen molar-refractivity contribution in [2.45, 2.75) is 32.2 Å². The average Bonchev–Trinajstić information content (AvgIpc) is 2.96. The van der Waals surface area contributed by atoms with E-state index in [1.165, 1.54) is 11.3 Å². The molecule has 1 fully saturated rings. The minimum atomic E-state index is -2.98. The fraction of sp³-hybridized carbons (Fsp3) is 0.615. The first kappa shape index (κ1) is 16.0. The summed E-state index contributed by atoms with van der Waals surface area (Å²) in [5.74, 6) is 0.247. The molecule has 1 aliphatic heterocycles. The summed E-state index contributed by atoms with van der Waals surface area (Å²) in [6.45, 7) is 2.69. The van der Waals surface area contributed by atoms with E-state index in [2.05, 4.69) is 22.9 Å². The minimum Gasteiger partial charge on any atom is -0.335 e. The Labute approximate surface area is 132 Å². The molecule has 0 aliphatic carbocycles. The number of carbonyl (C=O) groups is 1. The molecule has 0 bridgehead atoms. The van der Waals surface area contributed by atoms with Crippen molar-refractivity contribution in [2.24, 2.45) is 0 Å². The highest BCUT2D eigenvalue weighted by molar-refractivity contribution is 9.11. The van der Waals surface area contributed by atoms with Crippen LogP contribution in [0.15, 0.2) is 15.2 Å². The van der Waals surface area contributed by atoms with Crippen LogP contribution in [-0.4, -0.2) is 43.3 Å². The molecular formula is C13H18BrNO3S2. The van der Waals surface area contributed by atoms with Gasteiger partial charge in [-0.25, -0.2) is 8.42 Å². The van der Waals surface area contributed by atoms with E-state index in [9.17, 15) is 13.2 Å². The Morgan fingerprint density at radius 2 is 2.30 bits per heavy atom. The van der Waals surface area contributed by atoms with Gasteiger partial charge in [0.15, 0.2) is 9.84 Å². The zero-order valence-electron chi connectivity index (χ0n) is 11.3. The summed E-state index contributed by atoms with van der Waals surface area (Å²) < 4.78 is 24.2. The summed E-state index contributed by atoms with van der Waals surface area (Å²) in [5, 5.41) is 1.81. The van der Waals surface area contributed by atoms with Crippen molar-refractivity contribution in [3.63, 3.8) is 0 Å². The molecule has 1 unspecified atom stereocenters. The van der Waals surface area contributed by atoms with Crippen LogP contribution in [0.1, 0.15) is 36.5 Å². The summed E-state index contributed by atoms with van der Waals surface area (Å²) in [6.07, 6.45) is 2.44. The van der Waals surface area contributed by atoms with E-state index in [0.717, 1.165) is 16.6 Å². The van der Waals surface area contributed by atoms with Crippen LogP contribution >= 0.6 is 27.3 Å². The van der Waals surface area contributed by atoms with Gasteiger partial charge in [-0.1, -0.05) is 13.3 Å². The van der Waals surface area contributed by atoms with E-state index >= 15 is 0 Å². The maximum atomic E-state index is 12.6. The van der Waals surface area contributed by atoms with Crippen LogP contribution in [0, 0.1) is 0 Å². The molecule has 1 aliphatic rings. The molecular weight excluding hydrogens is 362 g/mol. The van der Waals surface area contributed by atoms with E-state index in [-0.39, 0.29) is 23.5 Å². The molecule has 112 valence electrons. The number of thiophene rings is 1. The number of hydrogen-bond acceptors (Lipinski definition) is 4. The Morgan fingerprint density at radius 1 is 1.55 bits per heavy atom. The lowest BCUT2D eigenvalue weighted by Crippen LogP contribution is -2.41. The first-order valence-electron chi connectivity index (χ1n) is 6.68. The van der Waals surface area contributed by atoms with Crippen LogP contribution in [0.25, 0.3) is 0 Å². The summed E-state index contributed by atoms with van der Waals surface area (Å²) in [7, 11) is -2.98. The number of nitrogens with zero attached hydrogens (tertiary/aromatic N) is 1. The zero-order chi connectivity index (χ0) is 14.8. The number of sulfone groups is 1. The van der Waals surface area contributed by atoms with Crippen LogP contribution in [0.2, 0.25) is 0 Å². The van der Waals surface area contributed by atoms with E-state index < -0.39 is 9.84 Å². The molecule has 4 nitrogen and oxygen atoms in total. The molecule has 2 rings (SSSR count). The van der Waals surface area contributed by atoms with Crippen molar-refractivity contribution in [2.75, 3.05) is 18.1 Å². The Hall–Kier alpha value is -0.400. The molecule has 7 heteroatoms. The predicted octanol–water partition coefficient (Wildman–Crippen LogP) is 2.94. The van der Waals surface area contributed by atoms with Crippen LogP contribution < -0.4 is 0 Å². The molecule has 0 aromatic carbocycles. The molecule has 1 aromatic heterocycles. The van der Waals surface area contributed by atoms with Gasteiger partial charge in [0.2, 0.25) is 0 Å². The van der Waals surface area contributed by atoms with E-state index in [1.54, 1.807) is 11.0 Å². The molecule has 0 saturated carbocycles. The normalized spacial score (nSPS) is 21.0. The quantitative estimate of drug-likeness (QED) is 0.789. The lowest BCUT2D eigenvalue weighted by molar-refractivity contribution is 0.0694. The van der Waals surface area contributed by atoms with E-state index in [0.29, 0.717) is 18.5 Å². The van der Waals surface area contributed by atoms with Gasteiger partial charge in [0.05, 0.1) is 20.9 Å². The largest absolute Gasteiger partial charge is 0.335 e. The highest BCUT2D eigenvalue weighted by Gasteiger charge is 2.34. The van der Waals surface area contributed by atoms with Crippen molar-refractivity contribution in [1.29, 1.82) is 0 Å². The van der Waals surface area contributed by atoms with E-state index in [4.69, 9.17) is 0 Å². The maximum absolute atomic E-state index is 12.6. The highest BCUT2D eigenvalue weighted by atomic mass is 79.9. The fourth-order valence-electron chi connectivity index (χ4n) is 2.39. The van der Waals surface area contributed by atoms with Crippen LogP contribution in [0.4, 0.5) is 0 Å². The second-order valence-corrected chi connectivity index (χ2v) is 9.57. The Kier molecular flexibility index (Phi) is 5.25. The smallest absolute Gasteiger partial charge is 0.255 e. The average molecular weight is 380 g/mol. The Bertz CT molecular complexity index is 582. The van der Waals surface area contributed by atoms with Crippen LogP contribution in [0.5, 0.6) is 0 Å². The molecule has 0 radical (unpaired) electrons. The zero-order valence-corrected chi connectivity index (χ0v) is 14.6. The van der Waals surface area contributed by atoms with E-state index in [1.807, 2.05) is 5.38 Å². The van der Waals surface area contributed by atoms with Gasteiger partial charge in [-0.15, -0.1) is 11.3 Å². The Balaban J connectivity index is 2.17. The first-order valence-corrected chi connectivity index (χ1v) is 10.2. The highest BCUT2D eigenvalue weighted by Crippen LogP contribution is 2.25. The third-order valence-electron chi connectivity index (χ3n) is 3.48. The van der Waals surface area contributed by atoms with Gasteiger partial charge in [0.1, 0.15) is 0 Å². The van der Waals surface area contributed by atoms with Gasteiger partial charge in [-0.05, 0) is 34.8 Å². The number of halogens is 1. The second-order valence-electron chi connectivity index (χ2n) is 5.05. The topological polar surface area (TPSA) is 54.5 Å². The number of amides is 1. The SMILES string of the molecule is CCCCN(C(=O)c1csc(Br)c1)C1CCS(=O)(=O)C1. The molecule has 1 amide bonds. The molecule has 0 spiro atoms. The Morgan fingerprint density at radius 3 is 2.80 bits per heavy atom. The molecule has 0 N–H and O–H groups in total. The molecule has 2 heterocycles. The summed E-state index contributed by atoms with van der Waals surface area (Å²) in [4.78, 5) is 14.3. The molecule has 1 aromatic rings. The van der Waals surface area contributed by atoms with Crippen LogP contribution in [-0.2, 0) is 9.84 Å². The number of hydrogen-bond donors (Lipinski definition) is 0. The van der Waals surface area contributed by atoms with Crippen molar-refractivity contribution < 1.29 is 13.2 Å². The van der Waals surface area contributed by atoms with Gasteiger partial charge in [-0.3, -0.25) is 4.79 Å². The number of rotatable bonds is 5. The fourth-order valence-corrected chi connectivity index (χ4v) is 5.25. The number of unbranched alkanes of at least 4 members (excludes halogenated alkanes) is 1. The van der Waals surface area contributed by atoms with Gasteiger partial charge in [-0.2, -0.15) is 0 Å². The predicted molar refractivity (Wildman–Crippen MR) is 85.0 cm³/mol. The van der Waals surface area contributed by atoms with Gasteiger partial charge in [0, 0.05) is 18.0 Å². The monoisotopic (exact) mass is 379 g/mol. The summed E-state index contributed by atoms with van der Waals surface area (Å²) >= 11 is 4.82. The molecule has 1 saturated heterocycles. The van der Waals surface area contributed by atoms with Gasteiger partial charge < -0.3 is 4.90 Å². The third kappa shape index (κ3) is 3.83. The summed E-state index contributed by atoms with van der Waals surface area (Å²) in [6, 6.07) is 1.63. The third-order valence-corrected chi connectivity index (χ3v) is 6.73. The van der Waals surface area contributed by atoms with Crippen LogP contribution in [0.3, 0.4) is 0 Å². The van der Waals surface area contributed by atoms with Crippen molar-refractivity contribution in [1.82, 2.24) is 4.90 Å². The molecule has 20 heavy (non-hydrogen) atoms. The second kappa shape index (κ2) is 6.58. The maximum Gasteiger partial charge on any atom is 0.255 e. The lowest BCUT2D eigenvalue weighted by atomic mass is 10.1. The minimum absolute atomic E-state index is 0.0532.